The average molecular weight is 684 g/mol. The van der Waals surface area contributed by atoms with Crippen molar-refractivity contribution in [3.63, 3.8) is 0 Å². The number of primary amides is 1. The van der Waals surface area contributed by atoms with Crippen LogP contribution in [0.1, 0.15) is 43.0 Å². The number of carbonyl (C=O) groups is 3. The zero-order valence-corrected chi connectivity index (χ0v) is 28.2. The second-order valence-electron chi connectivity index (χ2n) is 12.0. The maximum Gasteiger partial charge on any atom is 0.338 e. The lowest BCUT2D eigenvalue weighted by Crippen LogP contribution is -2.50. The molecule has 0 aliphatic carbocycles. The highest BCUT2D eigenvalue weighted by atomic mass is 16.2. The van der Waals surface area contributed by atoms with E-state index in [0.717, 1.165) is 26.7 Å². The zero-order chi connectivity index (χ0) is 36.1. The minimum absolute atomic E-state index is 0.116. The van der Waals surface area contributed by atoms with Crippen LogP contribution in [0.25, 0.3) is 11.4 Å². The van der Waals surface area contributed by atoms with E-state index >= 15 is 0 Å². The molecule has 1 aromatic heterocycles. The Bertz CT molecular complexity index is 2250. The molecule has 254 valence electrons. The Morgan fingerprint density at radius 2 is 1.12 bits per heavy atom. The molecule has 52 heavy (non-hydrogen) atoms. The number of nitrogens with zero attached hydrogens (tertiary/aromatic N) is 6. The monoisotopic (exact) mass is 683 g/mol. The van der Waals surface area contributed by atoms with E-state index in [2.05, 4.69) is 10.3 Å². The Morgan fingerprint density at radius 3 is 1.65 bits per heavy atom. The SMILES string of the molecule is CN(C(=O)c1ccccc1C(=O)c1ccccc1)N(C(N)=O)c1cccc(-c2nnn(C(c3ccccc3)(c3ccccc3)c3ccccc3)n2)c1. The Kier molecular flexibility index (Phi) is 9.18. The molecule has 3 amide bonds. The molecule has 0 aliphatic rings. The van der Waals surface area contributed by atoms with Gasteiger partial charge in [0.05, 0.1) is 11.3 Å². The van der Waals surface area contributed by atoms with Gasteiger partial charge >= 0.3 is 6.03 Å². The summed E-state index contributed by atoms with van der Waals surface area (Å²) >= 11 is 0. The second kappa shape index (κ2) is 14.3. The Morgan fingerprint density at radius 1 is 0.615 bits per heavy atom. The highest BCUT2D eigenvalue weighted by Crippen LogP contribution is 2.40. The number of amides is 3. The van der Waals surface area contributed by atoms with Crippen LogP contribution in [0.3, 0.4) is 0 Å². The van der Waals surface area contributed by atoms with Gasteiger partial charge in [-0.05, 0) is 40.1 Å². The van der Waals surface area contributed by atoms with Crippen molar-refractivity contribution in [2.24, 2.45) is 5.73 Å². The molecule has 0 aliphatic heterocycles. The third-order valence-corrected chi connectivity index (χ3v) is 8.88. The molecule has 0 fully saturated rings. The number of hydrazine groups is 1. The van der Waals surface area contributed by atoms with E-state index in [4.69, 9.17) is 10.8 Å². The van der Waals surface area contributed by atoms with E-state index in [1.54, 1.807) is 77.6 Å². The summed E-state index contributed by atoms with van der Waals surface area (Å²) in [6.07, 6.45) is 0. The number of tetrazole rings is 1. The van der Waals surface area contributed by atoms with Crippen molar-refractivity contribution in [1.29, 1.82) is 0 Å². The van der Waals surface area contributed by atoms with Gasteiger partial charge in [-0.2, -0.15) is 0 Å². The summed E-state index contributed by atoms with van der Waals surface area (Å²) in [5.41, 5.74) is 9.25. The smallest absolute Gasteiger partial charge is 0.338 e. The van der Waals surface area contributed by atoms with Gasteiger partial charge in [0.2, 0.25) is 5.82 Å². The molecule has 0 saturated carbocycles. The predicted octanol–water partition coefficient (Wildman–Crippen LogP) is 6.98. The molecule has 0 radical (unpaired) electrons. The van der Waals surface area contributed by atoms with Gasteiger partial charge in [-0.1, -0.05) is 152 Å². The maximum atomic E-state index is 14.0. The van der Waals surface area contributed by atoms with Crippen molar-refractivity contribution in [3.05, 3.63) is 203 Å². The van der Waals surface area contributed by atoms with E-state index in [0.29, 0.717) is 11.1 Å². The molecule has 1 heterocycles. The first-order chi connectivity index (χ1) is 25.4. The molecular weight excluding hydrogens is 651 g/mol. The standard InChI is InChI=1S/C42H33N7O3/c1-47(40(51)37-28-15-14-27-36(37)38(50)30-17-6-2-7-18-30)48(41(43)52)35-26-16-19-31(29-35)39-44-46-49(45-39)42(32-20-8-3-9-21-32,33-22-10-4-11-23-33)34-24-12-5-13-25-34/h2-29H,1H3,(H2,43,52). The minimum atomic E-state index is -0.983. The van der Waals surface area contributed by atoms with Crippen LogP contribution in [0.5, 0.6) is 0 Å². The summed E-state index contributed by atoms with van der Waals surface area (Å²) in [5.74, 6) is -0.643. The van der Waals surface area contributed by atoms with Crippen molar-refractivity contribution < 1.29 is 14.4 Å². The molecular formula is C42H33N7O3. The first-order valence-corrected chi connectivity index (χ1v) is 16.5. The summed E-state index contributed by atoms with van der Waals surface area (Å²) in [6.45, 7) is 0. The van der Waals surface area contributed by atoms with Crippen LogP contribution in [-0.4, -0.2) is 50.0 Å². The summed E-state index contributed by atoms with van der Waals surface area (Å²) in [6, 6.07) is 51.0. The largest absolute Gasteiger partial charge is 0.350 e. The van der Waals surface area contributed by atoms with E-state index in [-0.39, 0.29) is 28.4 Å². The molecule has 0 atom stereocenters. The van der Waals surface area contributed by atoms with Gasteiger partial charge in [0.15, 0.2) is 11.3 Å². The number of rotatable bonds is 9. The lowest BCUT2D eigenvalue weighted by atomic mass is 9.77. The lowest BCUT2D eigenvalue weighted by molar-refractivity contribution is 0.0783. The minimum Gasteiger partial charge on any atom is -0.350 e. The fraction of sp³-hybridized carbons (Fsp3) is 0.0476. The van der Waals surface area contributed by atoms with Gasteiger partial charge in [-0.15, -0.1) is 15.0 Å². The summed E-state index contributed by atoms with van der Waals surface area (Å²) in [7, 11) is 1.42. The molecule has 0 bridgehead atoms. The van der Waals surface area contributed by atoms with Crippen LogP contribution in [-0.2, 0) is 5.54 Å². The van der Waals surface area contributed by atoms with Crippen LogP contribution >= 0.6 is 0 Å². The Balaban J connectivity index is 1.27. The van der Waals surface area contributed by atoms with Gasteiger partial charge in [-0.25, -0.2) is 14.8 Å². The molecule has 0 spiro atoms. The molecule has 7 aromatic rings. The number of nitrogens with two attached hydrogens (primary N) is 1. The molecule has 6 aromatic carbocycles. The van der Waals surface area contributed by atoms with E-state index in [9.17, 15) is 14.4 Å². The van der Waals surface area contributed by atoms with Crippen molar-refractivity contribution in [3.8, 4) is 11.4 Å². The van der Waals surface area contributed by atoms with Crippen LogP contribution < -0.4 is 10.7 Å². The normalized spacial score (nSPS) is 11.1. The van der Waals surface area contributed by atoms with Crippen molar-refractivity contribution >= 4 is 23.4 Å². The first-order valence-electron chi connectivity index (χ1n) is 16.5. The number of benzene rings is 6. The van der Waals surface area contributed by atoms with E-state index in [1.807, 2.05) is 97.1 Å². The van der Waals surface area contributed by atoms with Crippen molar-refractivity contribution in [2.75, 3.05) is 12.1 Å². The number of aromatic nitrogens is 4. The number of urea groups is 1. The van der Waals surface area contributed by atoms with E-state index in [1.165, 1.54) is 7.05 Å². The van der Waals surface area contributed by atoms with Crippen molar-refractivity contribution in [2.45, 2.75) is 5.54 Å². The quantitative estimate of drug-likeness (QED) is 0.0994. The van der Waals surface area contributed by atoms with Crippen molar-refractivity contribution in [1.82, 2.24) is 25.2 Å². The first kappa shape index (κ1) is 33.3. The fourth-order valence-electron chi connectivity index (χ4n) is 6.46. The van der Waals surface area contributed by atoms with Gasteiger partial charge in [0, 0.05) is 23.7 Å². The van der Waals surface area contributed by atoms with Gasteiger partial charge in [0.25, 0.3) is 5.91 Å². The van der Waals surface area contributed by atoms with Gasteiger partial charge in [-0.3, -0.25) is 9.59 Å². The molecule has 10 nitrogen and oxygen atoms in total. The number of ketones is 1. The van der Waals surface area contributed by atoms with Gasteiger partial charge in [0.1, 0.15) is 0 Å². The highest BCUT2D eigenvalue weighted by molar-refractivity contribution is 6.15. The summed E-state index contributed by atoms with van der Waals surface area (Å²) in [5, 5.41) is 16.2. The molecule has 0 unspecified atom stereocenters. The average Bonchev–Trinajstić information content (AvgIpc) is 3.70. The number of hydrogen-bond acceptors (Lipinski definition) is 6. The highest BCUT2D eigenvalue weighted by Gasteiger charge is 2.41. The second-order valence-corrected chi connectivity index (χ2v) is 12.0. The number of anilines is 1. The summed E-state index contributed by atoms with van der Waals surface area (Å²) < 4.78 is 0. The van der Waals surface area contributed by atoms with E-state index < -0.39 is 17.5 Å². The molecule has 2 N–H and O–H groups in total. The van der Waals surface area contributed by atoms with Gasteiger partial charge < -0.3 is 5.73 Å². The maximum absolute atomic E-state index is 14.0. The van der Waals surface area contributed by atoms with Crippen LogP contribution in [0.4, 0.5) is 10.5 Å². The molecule has 10 heteroatoms. The third kappa shape index (κ3) is 6.09. The topological polar surface area (TPSA) is 127 Å². The zero-order valence-electron chi connectivity index (χ0n) is 28.2. The fourth-order valence-corrected chi connectivity index (χ4v) is 6.46. The number of carbonyl (C=O) groups excluding carboxylic acids is 3. The molecule has 7 rings (SSSR count). The predicted molar refractivity (Wildman–Crippen MR) is 198 cm³/mol. The third-order valence-electron chi connectivity index (χ3n) is 8.88. The summed E-state index contributed by atoms with van der Waals surface area (Å²) in [4.78, 5) is 42.0. The Labute approximate surface area is 300 Å². The number of hydrogen-bond donors (Lipinski definition) is 1. The van der Waals surface area contributed by atoms with Crippen LogP contribution in [0, 0.1) is 0 Å². The Hall–Kier alpha value is -7.20. The van der Waals surface area contributed by atoms with Crippen LogP contribution in [0.2, 0.25) is 0 Å². The lowest BCUT2D eigenvalue weighted by Gasteiger charge is -2.34. The van der Waals surface area contributed by atoms with Crippen LogP contribution in [0.15, 0.2) is 170 Å². The molecule has 0 saturated heterocycles.